The second kappa shape index (κ2) is 5.80. The van der Waals surface area contributed by atoms with Crippen LogP contribution in [0, 0.1) is 23.2 Å². The highest BCUT2D eigenvalue weighted by atomic mass is 79.9. The third kappa shape index (κ3) is 2.15. The summed E-state index contributed by atoms with van der Waals surface area (Å²) in [6, 6.07) is 16.3. The Hall–Kier alpha value is -2.91. The highest BCUT2D eigenvalue weighted by Gasteiger charge is 2.63. The van der Waals surface area contributed by atoms with Gasteiger partial charge in [-0.15, -0.1) is 0 Å². The van der Waals surface area contributed by atoms with Gasteiger partial charge < -0.3 is 4.90 Å². The SMILES string of the molecule is N#CC1C2C(=O)N(c3ccc(Br)cc3)C(=O)C2C2c3ccccc3C=CN12. The molecule has 5 nitrogen and oxygen atoms in total. The molecule has 3 heterocycles. The Morgan fingerprint density at radius 3 is 2.41 bits per heavy atom. The highest BCUT2D eigenvalue weighted by molar-refractivity contribution is 9.10. The smallest absolute Gasteiger partial charge is 0.240 e. The maximum atomic E-state index is 13.3. The van der Waals surface area contributed by atoms with Crippen molar-refractivity contribution in [2.24, 2.45) is 11.8 Å². The topological polar surface area (TPSA) is 64.4 Å². The molecule has 0 saturated carbocycles. The lowest BCUT2D eigenvalue weighted by Gasteiger charge is -2.33. The number of fused-ring (bicyclic) bond motifs is 5. The second-order valence-corrected chi connectivity index (χ2v) is 7.87. The number of carbonyl (C=O) groups excluding carboxylic acids is 2. The first-order valence-corrected chi connectivity index (χ1v) is 9.48. The van der Waals surface area contributed by atoms with Gasteiger partial charge in [-0.3, -0.25) is 9.59 Å². The molecule has 2 aromatic carbocycles. The monoisotopic (exact) mass is 419 g/mol. The van der Waals surface area contributed by atoms with E-state index in [1.165, 1.54) is 4.90 Å². The Labute approximate surface area is 164 Å². The zero-order valence-electron chi connectivity index (χ0n) is 14.1. The van der Waals surface area contributed by atoms with Crippen molar-refractivity contribution >= 4 is 39.5 Å². The molecule has 0 radical (unpaired) electrons. The molecule has 5 rings (SSSR count). The molecule has 0 bridgehead atoms. The van der Waals surface area contributed by atoms with Gasteiger partial charge >= 0.3 is 0 Å². The van der Waals surface area contributed by atoms with Crippen LogP contribution in [0.5, 0.6) is 0 Å². The Kier molecular flexibility index (Phi) is 3.49. The van der Waals surface area contributed by atoms with Crippen molar-refractivity contribution in [3.05, 3.63) is 70.3 Å². The van der Waals surface area contributed by atoms with Crippen molar-refractivity contribution in [2.75, 3.05) is 4.90 Å². The van der Waals surface area contributed by atoms with Crippen molar-refractivity contribution < 1.29 is 9.59 Å². The molecule has 2 amide bonds. The van der Waals surface area contributed by atoms with Gasteiger partial charge in [-0.25, -0.2) is 4.90 Å². The van der Waals surface area contributed by atoms with Gasteiger partial charge in [0.05, 0.1) is 29.6 Å². The Bertz CT molecular complexity index is 1040. The number of nitriles is 1. The van der Waals surface area contributed by atoms with Crippen molar-refractivity contribution in [2.45, 2.75) is 12.1 Å². The van der Waals surface area contributed by atoms with Gasteiger partial charge in [-0.1, -0.05) is 40.2 Å². The van der Waals surface area contributed by atoms with Gasteiger partial charge in [0.25, 0.3) is 0 Å². The number of anilines is 1. The van der Waals surface area contributed by atoms with E-state index in [9.17, 15) is 14.9 Å². The predicted molar refractivity (Wildman–Crippen MR) is 103 cm³/mol. The van der Waals surface area contributed by atoms with Gasteiger partial charge in [-0.2, -0.15) is 5.26 Å². The van der Waals surface area contributed by atoms with Crippen molar-refractivity contribution in [3.8, 4) is 6.07 Å². The number of rotatable bonds is 1. The van der Waals surface area contributed by atoms with Gasteiger partial charge in [-0.05, 0) is 41.5 Å². The summed E-state index contributed by atoms with van der Waals surface area (Å²) in [6.45, 7) is 0. The van der Waals surface area contributed by atoms with Crippen molar-refractivity contribution in [1.82, 2.24) is 4.90 Å². The Morgan fingerprint density at radius 2 is 1.67 bits per heavy atom. The lowest BCUT2D eigenvalue weighted by atomic mass is 9.85. The largest absolute Gasteiger partial charge is 0.353 e. The molecule has 0 aliphatic carbocycles. The Balaban J connectivity index is 1.63. The summed E-state index contributed by atoms with van der Waals surface area (Å²) in [5.74, 6) is -1.74. The molecule has 2 aromatic rings. The minimum Gasteiger partial charge on any atom is -0.353 e. The summed E-state index contributed by atoms with van der Waals surface area (Å²) in [5.41, 5.74) is 2.57. The van der Waals surface area contributed by atoms with E-state index in [-0.39, 0.29) is 17.9 Å². The van der Waals surface area contributed by atoms with Crippen molar-refractivity contribution in [1.29, 1.82) is 5.26 Å². The summed E-state index contributed by atoms with van der Waals surface area (Å²) in [6.07, 6.45) is 3.79. The first-order chi connectivity index (χ1) is 13.1. The van der Waals surface area contributed by atoms with Crippen LogP contribution in [-0.4, -0.2) is 22.8 Å². The van der Waals surface area contributed by atoms with Gasteiger partial charge in [0, 0.05) is 10.7 Å². The quantitative estimate of drug-likeness (QED) is 0.663. The number of imide groups is 1. The first-order valence-electron chi connectivity index (χ1n) is 8.69. The molecule has 4 atom stereocenters. The third-order valence-electron chi connectivity index (χ3n) is 5.68. The summed E-state index contributed by atoms with van der Waals surface area (Å²) < 4.78 is 0.873. The van der Waals surface area contributed by atoms with Crippen LogP contribution in [-0.2, 0) is 9.59 Å². The number of amides is 2. The fourth-order valence-electron chi connectivity index (χ4n) is 4.55. The highest BCUT2D eigenvalue weighted by Crippen LogP contribution is 2.52. The number of hydrogen-bond donors (Lipinski definition) is 0. The Morgan fingerprint density at radius 1 is 0.963 bits per heavy atom. The van der Waals surface area contributed by atoms with Crippen LogP contribution in [0.4, 0.5) is 5.69 Å². The number of carbonyl (C=O) groups is 2. The molecular weight excluding hydrogens is 406 g/mol. The molecule has 3 aliphatic heterocycles. The molecule has 132 valence electrons. The minimum atomic E-state index is -0.660. The van der Waals surface area contributed by atoms with Crippen LogP contribution < -0.4 is 4.90 Å². The van der Waals surface area contributed by atoms with Crippen molar-refractivity contribution in [3.63, 3.8) is 0 Å². The maximum Gasteiger partial charge on any atom is 0.240 e. The minimum absolute atomic E-state index is 0.231. The van der Waals surface area contributed by atoms with Gasteiger partial charge in [0.1, 0.15) is 6.04 Å². The van der Waals surface area contributed by atoms with Crippen LogP contribution in [0.25, 0.3) is 6.08 Å². The van der Waals surface area contributed by atoms with E-state index in [1.807, 2.05) is 41.4 Å². The van der Waals surface area contributed by atoms with Crippen LogP contribution in [0.3, 0.4) is 0 Å². The van der Waals surface area contributed by atoms with Gasteiger partial charge in [0.15, 0.2) is 0 Å². The van der Waals surface area contributed by atoms with E-state index in [4.69, 9.17) is 0 Å². The molecule has 3 aliphatic rings. The lowest BCUT2D eigenvalue weighted by molar-refractivity contribution is -0.123. The molecule has 0 aromatic heterocycles. The van der Waals surface area contributed by atoms with E-state index >= 15 is 0 Å². The van der Waals surface area contributed by atoms with Gasteiger partial charge in [0.2, 0.25) is 11.8 Å². The second-order valence-electron chi connectivity index (χ2n) is 6.95. The van der Waals surface area contributed by atoms with Crippen LogP contribution in [0.15, 0.2) is 59.2 Å². The van der Waals surface area contributed by atoms with E-state index in [0.29, 0.717) is 5.69 Å². The average Bonchev–Trinajstić information content (AvgIpc) is 3.15. The molecule has 2 saturated heterocycles. The van der Waals surface area contributed by atoms with E-state index in [0.717, 1.165) is 15.6 Å². The predicted octanol–water partition coefficient (Wildman–Crippen LogP) is 3.49. The normalized spacial score (nSPS) is 28.0. The standard InChI is InChI=1S/C21H14BrN3O2/c22-13-5-7-14(8-6-13)25-20(26)17-16(11-23)24-10-9-12-3-1-2-4-15(12)19(24)18(17)21(25)27/h1-10,16-19H. The lowest BCUT2D eigenvalue weighted by Crippen LogP contribution is -2.40. The fourth-order valence-corrected chi connectivity index (χ4v) is 4.81. The zero-order chi connectivity index (χ0) is 18.7. The molecule has 0 N–H and O–H groups in total. The molecule has 0 spiro atoms. The molecule has 27 heavy (non-hydrogen) atoms. The fraction of sp³-hybridized carbons (Fsp3) is 0.190. The summed E-state index contributed by atoms with van der Waals surface area (Å²) >= 11 is 3.37. The number of nitrogens with zero attached hydrogens (tertiary/aromatic N) is 3. The third-order valence-corrected chi connectivity index (χ3v) is 6.21. The summed E-state index contributed by atoms with van der Waals surface area (Å²) in [4.78, 5) is 29.7. The molecule has 2 fully saturated rings. The van der Waals surface area contributed by atoms with E-state index in [1.54, 1.807) is 24.3 Å². The van der Waals surface area contributed by atoms with E-state index in [2.05, 4.69) is 22.0 Å². The number of hydrogen-bond acceptors (Lipinski definition) is 4. The zero-order valence-corrected chi connectivity index (χ0v) is 15.7. The van der Waals surface area contributed by atoms with Crippen LogP contribution in [0.1, 0.15) is 17.2 Å². The van der Waals surface area contributed by atoms with E-state index < -0.39 is 17.9 Å². The molecule has 4 unspecified atom stereocenters. The number of halogens is 1. The first kappa shape index (κ1) is 16.3. The molecular formula is C21H14BrN3O2. The maximum absolute atomic E-state index is 13.3. The molecule has 6 heteroatoms. The number of benzene rings is 2. The van der Waals surface area contributed by atoms with Crippen LogP contribution in [0.2, 0.25) is 0 Å². The summed E-state index contributed by atoms with van der Waals surface area (Å²) in [5, 5.41) is 9.78. The average molecular weight is 420 g/mol. The van der Waals surface area contributed by atoms with Crippen LogP contribution >= 0.6 is 15.9 Å². The summed E-state index contributed by atoms with van der Waals surface area (Å²) in [7, 11) is 0.